The summed E-state index contributed by atoms with van der Waals surface area (Å²) in [6.07, 6.45) is 2.72. The van der Waals surface area contributed by atoms with Gasteiger partial charge in [0, 0.05) is 42.3 Å². The van der Waals surface area contributed by atoms with Crippen LogP contribution in [0.2, 0.25) is 0 Å². The van der Waals surface area contributed by atoms with Gasteiger partial charge in [0.05, 0.1) is 23.2 Å². The van der Waals surface area contributed by atoms with E-state index in [4.69, 9.17) is 11.5 Å². The fourth-order valence-corrected chi connectivity index (χ4v) is 3.34. The number of benzene rings is 1. The van der Waals surface area contributed by atoms with E-state index in [1.54, 1.807) is 10.7 Å². The number of rotatable bonds is 5. The minimum atomic E-state index is -0.125. The Labute approximate surface area is 143 Å². The number of carbonyl (C=O) groups excluding carboxylic acids is 1. The fraction of sp³-hybridized carbons (Fsp3) is 0.235. The zero-order chi connectivity index (χ0) is 17.6. The van der Waals surface area contributed by atoms with Crippen molar-refractivity contribution in [1.29, 1.82) is 0 Å². The average Bonchev–Trinajstić information content (AvgIpc) is 2.97. The van der Waals surface area contributed by atoms with E-state index < -0.39 is 0 Å². The molecule has 1 aromatic carbocycles. The van der Waals surface area contributed by atoms with Crippen LogP contribution in [-0.4, -0.2) is 35.2 Å². The predicted molar refractivity (Wildman–Crippen MR) is 94.2 cm³/mol. The van der Waals surface area contributed by atoms with Crippen LogP contribution in [0, 0.1) is 5.21 Å². The molecule has 1 aliphatic rings. The number of nitrogens with zero attached hydrogens (tertiary/aromatic N) is 3. The lowest BCUT2D eigenvalue weighted by atomic mass is 9.87. The molecular weight excluding hydrogens is 320 g/mol. The Hall–Kier alpha value is -2.97. The van der Waals surface area contributed by atoms with Gasteiger partial charge in [0.1, 0.15) is 5.69 Å². The Kier molecular flexibility index (Phi) is 3.63. The third-order valence-electron chi connectivity index (χ3n) is 4.38. The van der Waals surface area contributed by atoms with Gasteiger partial charge in [-0.1, -0.05) is 0 Å². The first-order valence-electron chi connectivity index (χ1n) is 8.11. The van der Waals surface area contributed by atoms with Crippen LogP contribution < -0.4 is 21.5 Å². The number of ketones is 1. The predicted octanol–water partition coefficient (Wildman–Crippen LogP) is 0.210. The maximum absolute atomic E-state index is 13.1. The lowest BCUT2D eigenvalue weighted by molar-refractivity contribution is -0.604. The van der Waals surface area contributed by atoms with Gasteiger partial charge in [-0.25, -0.2) is 0 Å². The molecule has 0 spiro atoms. The number of fused-ring (bicyclic) bond motifs is 2. The quantitative estimate of drug-likeness (QED) is 0.353. The van der Waals surface area contributed by atoms with E-state index in [2.05, 4.69) is 10.4 Å². The first-order chi connectivity index (χ1) is 12.2. The van der Waals surface area contributed by atoms with Crippen molar-refractivity contribution in [1.82, 2.24) is 9.78 Å². The van der Waals surface area contributed by atoms with E-state index in [-0.39, 0.29) is 5.78 Å². The van der Waals surface area contributed by atoms with Crippen LogP contribution in [0.3, 0.4) is 0 Å². The molecule has 0 atom stereocenters. The molecular formula is C17H18N6O2. The molecule has 25 heavy (non-hydrogen) atoms. The highest BCUT2D eigenvalue weighted by molar-refractivity contribution is 6.27. The van der Waals surface area contributed by atoms with Gasteiger partial charge in [0.25, 0.3) is 0 Å². The lowest BCUT2D eigenvalue weighted by Gasteiger charge is -2.17. The number of nitrogens with two attached hydrogens (primary N) is 2. The summed E-state index contributed by atoms with van der Waals surface area (Å²) >= 11 is 0. The van der Waals surface area contributed by atoms with Gasteiger partial charge in [-0.2, -0.15) is 9.83 Å². The van der Waals surface area contributed by atoms with Crippen molar-refractivity contribution in [3.63, 3.8) is 0 Å². The fourth-order valence-electron chi connectivity index (χ4n) is 3.34. The zero-order valence-electron chi connectivity index (χ0n) is 13.5. The highest BCUT2D eigenvalue weighted by Gasteiger charge is 2.32. The van der Waals surface area contributed by atoms with E-state index in [1.807, 2.05) is 12.1 Å². The number of hydrogen-bond acceptors (Lipinski definition) is 6. The van der Waals surface area contributed by atoms with Crippen molar-refractivity contribution in [3.05, 3.63) is 46.9 Å². The van der Waals surface area contributed by atoms with Gasteiger partial charge >= 0.3 is 0 Å². The molecule has 0 amide bonds. The molecule has 8 nitrogen and oxygen atoms in total. The smallest absolute Gasteiger partial charge is 0.197 e. The second kappa shape index (κ2) is 5.83. The van der Waals surface area contributed by atoms with Crippen molar-refractivity contribution >= 4 is 22.4 Å². The minimum Gasteiger partial charge on any atom is -0.619 e. The molecule has 8 heteroatoms. The Balaban J connectivity index is 2.06. The van der Waals surface area contributed by atoms with Crippen molar-refractivity contribution in [2.75, 3.05) is 25.0 Å². The maximum atomic E-state index is 13.1. The first-order valence-corrected chi connectivity index (χ1v) is 8.11. The molecule has 2 aromatic heterocycles. The van der Waals surface area contributed by atoms with Crippen LogP contribution in [-0.2, 0) is 6.54 Å². The van der Waals surface area contributed by atoms with Crippen molar-refractivity contribution in [3.8, 4) is 11.3 Å². The van der Waals surface area contributed by atoms with Crippen LogP contribution in [0.15, 0.2) is 30.6 Å². The molecule has 2 heterocycles. The van der Waals surface area contributed by atoms with E-state index in [1.165, 1.54) is 12.4 Å². The third-order valence-corrected chi connectivity index (χ3v) is 4.38. The van der Waals surface area contributed by atoms with Crippen LogP contribution in [0.4, 0.5) is 5.69 Å². The standard InChI is InChI=1S/C17H18N6O2/c18-4-6-20-12-1-2-13-15-14(12)17(24)10-3-7-22(25)9-11(10)16(15)21-23(13)8-5-19/h1-3,7,9,20H,4-6,8,18-19H2. The van der Waals surface area contributed by atoms with Gasteiger partial charge < -0.3 is 22.0 Å². The highest BCUT2D eigenvalue weighted by Crippen LogP contribution is 2.41. The molecule has 0 bridgehead atoms. The van der Waals surface area contributed by atoms with Gasteiger partial charge in [-0.05, 0) is 12.1 Å². The van der Waals surface area contributed by atoms with Crippen LogP contribution in [0.25, 0.3) is 22.2 Å². The Morgan fingerprint density at radius 3 is 2.80 bits per heavy atom. The summed E-state index contributed by atoms with van der Waals surface area (Å²) < 4.78 is 2.47. The van der Waals surface area contributed by atoms with E-state index in [0.29, 0.717) is 53.3 Å². The van der Waals surface area contributed by atoms with Crippen molar-refractivity contribution in [2.45, 2.75) is 6.54 Å². The molecule has 0 radical (unpaired) electrons. The Morgan fingerprint density at radius 2 is 2.04 bits per heavy atom. The highest BCUT2D eigenvalue weighted by atomic mass is 16.5. The number of pyridine rings is 1. The second-order valence-corrected chi connectivity index (χ2v) is 5.92. The summed E-state index contributed by atoms with van der Waals surface area (Å²) in [6.45, 7) is 1.97. The van der Waals surface area contributed by atoms with E-state index in [9.17, 15) is 10.0 Å². The number of hydrogen-bond donors (Lipinski definition) is 3. The third kappa shape index (κ3) is 2.26. The van der Waals surface area contributed by atoms with Gasteiger partial charge in [-0.15, -0.1) is 0 Å². The van der Waals surface area contributed by atoms with E-state index in [0.717, 1.165) is 16.6 Å². The van der Waals surface area contributed by atoms with Crippen molar-refractivity contribution < 1.29 is 9.52 Å². The number of anilines is 1. The Morgan fingerprint density at radius 1 is 1.20 bits per heavy atom. The largest absolute Gasteiger partial charge is 0.619 e. The van der Waals surface area contributed by atoms with Gasteiger partial charge in [-0.3, -0.25) is 9.48 Å². The average molecular weight is 338 g/mol. The Bertz CT molecular complexity index is 994. The minimum absolute atomic E-state index is 0.125. The summed E-state index contributed by atoms with van der Waals surface area (Å²) in [6, 6.07) is 5.32. The molecule has 4 rings (SSSR count). The second-order valence-electron chi connectivity index (χ2n) is 5.92. The summed E-state index contributed by atoms with van der Waals surface area (Å²) in [5.41, 5.74) is 15.0. The molecule has 3 aromatic rings. The SMILES string of the molecule is NCCNc1ccc2c3c(nn2CCN)-c2c[n+]([O-])ccc2C(=O)c13. The van der Waals surface area contributed by atoms with E-state index >= 15 is 0 Å². The topological polar surface area (TPSA) is 126 Å². The molecule has 0 unspecified atom stereocenters. The lowest BCUT2D eigenvalue weighted by Crippen LogP contribution is -2.27. The first kappa shape index (κ1) is 15.6. The number of carbonyl (C=O) groups is 1. The van der Waals surface area contributed by atoms with Gasteiger partial charge in [0.15, 0.2) is 18.2 Å². The molecule has 0 fully saturated rings. The number of aromatic nitrogens is 3. The summed E-state index contributed by atoms with van der Waals surface area (Å²) in [4.78, 5) is 13.1. The summed E-state index contributed by atoms with van der Waals surface area (Å²) in [7, 11) is 0. The molecule has 128 valence electrons. The molecule has 0 aliphatic heterocycles. The van der Waals surface area contributed by atoms with Gasteiger partial charge in [0.2, 0.25) is 0 Å². The zero-order valence-corrected chi connectivity index (χ0v) is 13.5. The normalized spacial score (nSPS) is 12.5. The molecule has 1 aliphatic carbocycles. The van der Waals surface area contributed by atoms with Crippen LogP contribution in [0.1, 0.15) is 15.9 Å². The molecule has 5 N–H and O–H groups in total. The molecule has 0 saturated carbocycles. The molecule has 0 saturated heterocycles. The maximum Gasteiger partial charge on any atom is 0.197 e. The van der Waals surface area contributed by atoms with Crippen LogP contribution in [0.5, 0.6) is 0 Å². The van der Waals surface area contributed by atoms with Crippen molar-refractivity contribution in [2.24, 2.45) is 11.5 Å². The summed E-state index contributed by atoms with van der Waals surface area (Å²) in [5.74, 6) is -0.125. The monoisotopic (exact) mass is 338 g/mol. The van der Waals surface area contributed by atoms with Crippen LogP contribution >= 0.6 is 0 Å². The summed E-state index contributed by atoms with van der Waals surface area (Å²) in [5, 5.41) is 20.3. The number of nitrogens with one attached hydrogen (secondary N) is 1.